The number of hydrogen-bond donors (Lipinski definition) is 3. The SMILES string of the molecule is Nc1ncc(-c2cc(S(=O)(=O)N[C@H]3CCCNC3)cc(-c3ccc(OCC(F)(F)F)nc3)n2)cn1. The third-order valence-corrected chi connectivity index (χ3v) is 6.61. The van der Waals surface area contributed by atoms with E-state index in [4.69, 9.17) is 5.73 Å². The maximum atomic E-state index is 13.2. The number of ether oxygens (including phenoxy) is 1. The molecule has 0 amide bonds. The fourth-order valence-corrected chi connectivity index (χ4v) is 4.75. The summed E-state index contributed by atoms with van der Waals surface area (Å²) >= 11 is 0. The molecule has 1 aliphatic heterocycles. The lowest BCUT2D eigenvalue weighted by Gasteiger charge is -2.23. The minimum Gasteiger partial charge on any atom is -0.468 e. The molecule has 1 atom stereocenters. The quantitative estimate of drug-likeness (QED) is 0.436. The number of alkyl halides is 3. The van der Waals surface area contributed by atoms with E-state index in [2.05, 4.69) is 34.7 Å². The van der Waals surface area contributed by atoms with Crippen LogP contribution in [-0.2, 0) is 10.0 Å². The Morgan fingerprint density at radius 2 is 1.77 bits per heavy atom. The van der Waals surface area contributed by atoms with Crippen molar-refractivity contribution in [2.75, 3.05) is 25.4 Å². The number of nitrogens with two attached hydrogens (primary N) is 1. The Hall–Kier alpha value is -3.36. The van der Waals surface area contributed by atoms with E-state index in [1.807, 2.05) is 0 Å². The van der Waals surface area contributed by atoms with E-state index in [1.54, 1.807) is 0 Å². The van der Waals surface area contributed by atoms with Gasteiger partial charge in [0.25, 0.3) is 0 Å². The van der Waals surface area contributed by atoms with Crippen molar-refractivity contribution in [1.82, 2.24) is 30.0 Å². The second-order valence-corrected chi connectivity index (χ2v) is 9.57. The molecule has 1 saturated heterocycles. The number of piperidine rings is 1. The molecular formula is C21H22F3N7O3S. The third-order valence-electron chi connectivity index (χ3n) is 5.11. The van der Waals surface area contributed by atoms with Crippen molar-refractivity contribution in [3.8, 4) is 28.4 Å². The molecule has 0 bridgehead atoms. The monoisotopic (exact) mass is 509 g/mol. The van der Waals surface area contributed by atoms with Crippen molar-refractivity contribution in [3.05, 3.63) is 42.9 Å². The first kappa shape index (κ1) is 24.8. The molecule has 1 fully saturated rings. The summed E-state index contributed by atoms with van der Waals surface area (Å²) in [5, 5.41) is 3.16. The van der Waals surface area contributed by atoms with Crippen molar-refractivity contribution in [1.29, 1.82) is 0 Å². The summed E-state index contributed by atoms with van der Waals surface area (Å²) in [7, 11) is -3.93. The van der Waals surface area contributed by atoms with Gasteiger partial charge in [0, 0.05) is 48.4 Å². The minimum absolute atomic E-state index is 0.0442. The van der Waals surface area contributed by atoms with Crippen LogP contribution in [0, 0.1) is 0 Å². The first-order valence-electron chi connectivity index (χ1n) is 10.6. The normalized spacial score (nSPS) is 16.7. The molecule has 0 aromatic carbocycles. The van der Waals surface area contributed by atoms with Crippen LogP contribution in [0.5, 0.6) is 5.88 Å². The number of sulfonamides is 1. The predicted molar refractivity (Wildman–Crippen MR) is 121 cm³/mol. The Morgan fingerprint density at radius 1 is 1.09 bits per heavy atom. The standard InChI is InChI=1S/C21H22F3N7O3S/c22-21(23,24)12-34-19-4-3-13(8-27-19)17-6-16(35(32,33)31-15-2-1-5-26-11-15)7-18(30-17)14-9-28-20(25)29-10-14/h3-4,6-10,15,26,31H,1-2,5,11-12H2,(H2,25,28,29)/t15-/m0/s1. The molecular weight excluding hydrogens is 487 g/mol. The number of anilines is 1. The van der Waals surface area contributed by atoms with Crippen LogP contribution in [0.1, 0.15) is 12.8 Å². The van der Waals surface area contributed by atoms with Crippen LogP contribution in [0.15, 0.2) is 47.8 Å². The van der Waals surface area contributed by atoms with Gasteiger partial charge in [0.2, 0.25) is 21.9 Å². The fourth-order valence-electron chi connectivity index (χ4n) is 3.44. The van der Waals surface area contributed by atoms with Gasteiger partial charge in [0.1, 0.15) is 0 Å². The molecule has 0 spiro atoms. The Labute approximate surface area is 199 Å². The van der Waals surface area contributed by atoms with Gasteiger partial charge in [-0.3, -0.25) is 0 Å². The van der Waals surface area contributed by atoms with Crippen LogP contribution in [-0.4, -0.2) is 60.3 Å². The lowest BCUT2D eigenvalue weighted by atomic mass is 10.1. The first-order valence-corrected chi connectivity index (χ1v) is 12.1. The molecule has 0 saturated carbocycles. The lowest BCUT2D eigenvalue weighted by molar-refractivity contribution is -0.154. The summed E-state index contributed by atoms with van der Waals surface area (Å²) in [5.74, 6) is -0.184. The summed E-state index contributed by atoms with van der Waals surface area (Å²) in [6, 6.07) is 5.19. The molecule has 10 nitrogen and oxygen atoms in total. The predicted octanol–water partition coefficient (Wildman–Crippen LogP) is 2.15. The number of nitrogens with zero attached hydrogens (tertiary/aromatic N) is 4. The molecule has 0 radical (unpaired) electrons. The van der Waals surface area contributed by atoms with Gasteiger partial charge >= 0.3 is 6.18 Å². The van der Waals surface area contributed by atoms with Crippen LogP contribution in [0.25, 0.3) is 22.5 Å². The highest BCUT2D eigenvalue weighted by molar-refractivity contribution is 7.89. The molecule has 4 N–H and O–H groups in total. The molecule has 3 aromatic heterocycles. The fraction of sp³-hybridized carbons (Fsp3) is 0.333. The van der Waals surface area contributed by atoms with Crippen molar-refractivity contribution in [2.24, 2.45) is 0 Å². The Morgan fingerprint density at radius 3 is 2.37 bits per heavy atom. The van der Waals surface area contributed by atoms with E-state index >= 15 is 0 Å². The van der Waals surface area contributed by atoms with E-state index in [0.717, 1.165) is 13.0 Å². The highest BCUT2D eigenvalue weighted by atomic mass is 32.2. The van der Waals surface area contributed by atoms with Gasteiger partial charge in [-0.2, -0.15) is 13.2 Å². The number of pyridine rings is 2. The number of hydrogen-bond acceptors (Lipinski definition) is 9. The molecule has 35 heavy (non-hydrogen) atoms. The summed E-state index contributed by atoms with van der Waals surface area (Å²) in [6.45, 7) is -0.137. The third kappa shape index (κ3) is 6.61. The second-order valence-electron chi connectivity index (χ2n) is 7.86. The number of aromatic nitrogens is 4. The number of halogens is 3. The highest BCUT2D eigenvalue weighted by Gasteiger charge is 2.28. The Kier molecular flexibility index (Phi) is 7.14. The van der Waals surface area contributed by atoms with Gasteiger partial charge in [-0.25, -0.2) is 33.1 Å². The highest BCUT2D eigenvalue weighted by Crippen LogP contribution is 2.27. The summed E-state index contributed by atoms with van der Waals surface area (Å²) in [5.41, 5.74) is 6.85. The van der Waals surface area contributed by atoms with Crippen LogP contribution in [0.2, 0.25) is 0 Å². The molecule has 1 aliphatic rings. The minimum atomic E-state index is -4.50. The van der Waals surface area contributed by atoms with Crippen molar-refractivity contribution >= 4 is 16.0 Å². The van der Waals surface area contributed by atoms with E-state index in [0.29, 0.717) is 24.1 Å². The number of nitrogens with one attached hydrogen (secondary N) is 2. The van der Waals surface area contributed by atoms with Crippen molar-refractivity contribution < 1.29 is 26.3 Å². The Balaban J connectivity index is 1.69. The second kappa shape index (κ2) is 10.1. The zero-order chi connectivity index (χ0) is 25.1. The zero-order valence-electron chi connectivity index (χ0n) is 18.3. The smallest absolute Gasteiger partial charge is 0.422 e. The largest absolute Gasteiger partial charge is 0.468 e. The zero-order valence-corrected chi connectivity index (χ0v) is 19.1. The van der Waals surface area contributed by atoms with Crippen LogP contribution < -0.4 is 20.5 Å². The molecule has 4 heterocycles. The summed E-state index contributed by atoms with van der Waals surface area (Å²) < 4.78 is 70.9. The maximum absolute atomic E-state index is 13.2. The van der Waals surface area contributed by atoms with E-state index in [1.165, 1.54) is 42.9 Å². The molecule has 3 aromatic rings. The average molecular weight is 510 g/mol. The van der Waals surface area contributed by atoms with E-state index in [9.17, 15) is 21.6 Å². The maximum Gasteiger partial charge on any atom is 0.422 e. The topological polar surface area (TPSA) is 145 Å². The molecule has 14 heteroatoms. The van der Waals surface area contributed by atoms with E-state index < -0.39 is 22.8 Å². The van der Waals surface area contributed by atoms with E-state index in [-0.39, 0.29) is 34.2 Å². The lowest BCUT2D eigenvalue weighted by Crippen LogP contribution is -2.45. The van der Waals surface area contributed by atoms with Gasteiger partial charge in [0.15, 0.2) is 6.61 Å². The van der Waals surface area contributed by atoms with Gasteiger partial charge in [-0.05, 0) is 37.6 Å². The van der Waals surface area contributed by atoms with Crippen LogP contribution in [0.4, 0.5) is 19.1 Å². The number of nitrogen functional groups attached to an aromatic ring is 1. The van der Waals surface area contributed by atoms with Crippen molar-refractivity contribution in [2.45, 2.75) is 30.0 Å². The van der Waals surface area contributed by atoms with Crippen LogP contribution in [0.3, 0.4) is 0 Å². The number of rotatable bonds is 7. The molecule has 4 rings (SSSR count). The van der Waals surface area contributed by atoms with Gasteiger partial charge in [-0.1, -0.05) is 0 Å². The van der Waals surface area contributed by atoms with Crippen molar-refractivity contribution in [3.63, 3.8) is 0 Å². The average Bonchev–Trinajstić information content (AvgIpc) is 2.83. The van der Waals surface area contributed by atoms with Gasteiger partial charge in [-0.15, -0.1) is 0 Å². The molecule has 186 valence electrons. The first-order chi connectivity index (χ1) is 16.6. The van der Waals surface area contributed by atoms with Gasteiger partial charge < -0.3 is 15.8 Å². The summed E-state index contributed by atoms with van der Waals surface area (Å²) in [6.07, 6.45) is 1.13. The summed E-state index contributed by atoms with van der Waals surface area (Å²) in [4.78, 5) is 16.2. The molecule has 0 aliphatic carbocycles. The molecule has 0 unspecified atom stereocenters. The Bertz CT molecular complexity index is 1260. The van der Waals surface area contributed by atoms with Gasteiger partial charge in [0.05, 0.1) is 16.3 Å². The van der Waals surface area contributed by atoms with Crippen LogP contribution >= 0.6 is 0 Å².